The highest BCUT2D eigenvalue weighted by atomic mass is 28.5. The van der Waals surface area contributed by atoms with E-state index in [-0.39, 0.29) is 5.75 Å². The van der Waals surface area contributed by atoms with Crippen molar-refractivity contribution in [2.75, 3.05) is 0 Å². The molecule has 3 rings (SSSR count). The molecule has 0 bridgehead atoms. The molecular formula is C27H43N3O3Si3. The number of nitrogens with zero attached hydrogens (tertiary/aromatic N) is 3. The van der Waals surface area contributed by atoms with Crippen LogP contribution in [0.1, 0.15) is 29.3 Å². The van der Waals surface area contributed by atoms with Crippen LogP contribution in [0.4, 0.5) is 0 Å². The van der Waals surface area contributed by atoms with Gasteiger partial charge in [-0.2, -0.15) is 10.2 Å². The summed E-state index contributed by atoms with van der Waals surface area (Å²) in [6.07, 6.45) is 3.22. The van der Waals surface area contributed by atoms with Crippen LogP contribution in [-0.2, 0) is 21.1 Å². The molecule has 0 amide bonds. The molecular weight excluding hydrogens is 499 g/mol. The monoisotopic (exact) mass is 541 g/mol. The Balaban J connectivity index is 1.81. The third-order valence-corrected chi connectivity index (χ3v) is 15.4. The number of aromatic nitrogens is 3. The van der Waals surface area contributed by atoms with E-state index in [4.69, 9.17) is 8.23 Å². The van der Waals surface area contributed by atoms with Crippen LogP contribution in [0.15, 0.2) is 48.7 Å². The summed E-state index contributed by atoms with van der Waals surface area (Å²) < 4.78 is 13.4. The molecule has 1 unspecified atom stereocenters. The Bertz CT molecular complexity index is 1140. The van der Waals surface area contributed by atoms with Gasteiger partial charge in [-0.25, -0.2) is 0 Å². The van der Waals surface area contributed by atoms with E-state index in [1.165, 1.54) is 5.56 Å². The smallest absolute Gasteiger partial charge is 0.314 e. The Kier molecular flexibility index (Phi) is 8.83. The first kappa shape index (κ1) is 28.5. The number of aryl methyl sites for hydroxylation is 1. The van der Waals surface area contributed by atoms with Gasteiger partial charge in [0.1, 0.15) is 11.4 Å². The van der Waals surface area contributed by atoms with E-state index < -0.39 is 25.2 Å². The van der Waals surface area contributed by atoms with Crippen LogP contribution in [0, 0.1) is 12.8 Å². The summed E-state index contributed by atoms with van der Waals surface area (Å²) in [6, 6.07) is 15.1. The summed E-state index contributed by atoms with van der Waals surface area (Å²) in [5.41, 5.74) is 4.65. The van der Waals surface area contributed by atoms with E-state index in [1.54, 1.807) is 11.0 Å². The summed E-state index contributed by atoms with van der Waals surface area (Å²) in [6.45, 7) is 19.9. The van der Waals surface area contributed by atoms with Crippen LogP contribution in [0.3, 0.4) is 0 Å². The third-order valence-electron chi connectivity index (χ3n) is 5.63. The SMILES string of the molecule is Cc1cc(CC(C)C[Si](C)(O[Si](C)(C)C)O[Si](C)(C)C)c(O)c(-n2ncc(Cc3ccccc3)n2)c1. The molecule has 1 atom stereocenters. The first-order chi connectivity index (χ1) is 16.6. The lowest BCUT2D eigenvalue weighted by atomic mass is 9.99. The minimum Gasteiger partial charge on any atom is -0.505 e. The largest absolute Gasteiger partial charge is 0.505 e. The van der Waals surface area contributed by atoms with Crippen molar-refractivity contribution in [1.82, 2.24) is 15.0 Å². The normalized spacial score (nSPS) is 13.7. The lowest BCUT2D eigenvalue weighted by molar-refractivity contribution is 0.368. The molecule has 1 N–H and O–H groups in total. The lowest BCUT2D eigenvalue weighted by Gasteiger charge is -2.39. The quantitative estimate of drug-likeness (QED) is 0.270. The maximum atomic E-state index is 11.2. The van der Waals surface area contributed by atoms with Crippen LogP contribution in [0.25, 0.3) is 5.69 Å². The predicted octanol–water partition coefficient (Wildman–Crippen LogP) is 6.83. The average molecular weight is 542 g/mol. The summed E-state index contributed by atoms with van der Waals surface area (Å²) in [5, 5.41) is 20.4. The zero-order valence-corrected chi connectivity index (χ0v) is 26.4. The molecule has 0 saturated carbocycles. The third kappa shape index (κ3) is 8.52. The molecule has 0 aliphatic carbocycles. The number of hydrogen-bond donors (Lipinski definition) is 1. The van der Waals surface area contributed by atoms with Crippen molar-refractivity contribution in [3.05, 3.63) is 71.0 Å². The molecule has 2 aromatic carbocycles. The van der Waals surface area contributed by atoms with E-state index in [9.17, 15) is 5.11 Å². The molecule has 3 aromatic rings. The van der Waals surface area contributed by atoms with Crippen LogP contribution in [-0.4, -0.2) is 45.3 Å². The molecule has 0 fully saturated rings. The van der Waals surface area contributed by atoms with Gasteiger partial charge >= 0.3 is 8.56 Å². The van der Waals surface area contributed by atoms with Crippen molar-refractivity contribution in [3.63, 3.8) is 0 Å². The number of rotatable bonds is 11. The molecule has 0 radical (unpaired) electrons. The number of hydrogen-bond acceptors (Lipinski definition) is 5. The summed E-state index contributed by atoms with van der Waals surface area (Å²) in [5.74, 6) is 0.545. The fourth-order valence-corrected chi connectivity index (χ4v) is 17.9. The fraction of sp³-hybridized carbons (Fsp3) is 0.481. The summed E-state index contributed by atoms with van der Waals surface area (Å²) >= 11 is 0. The minimum absolute atomic E-state index is 0.245. The number of benzene rings is 2. The fourth-order valence-electron chi connectivity index (χ4n) is 4.92. The Labute approximate surface area is 220 Å². The zero-order valence-electron chi connectivity index (χ0n) is 23.4. The van der Waals surface area contributed by atoms with E-state index in [0.29, 0.717) is 18.0 Å². The molecule has 0 spiro atoms. The number of phenolic OH excluding ortho intramolecular Hbond substituents is 1. The van der Waals surface area contributed by atoms with E-state index in [0.717, 1.165) is 29.3 Å². The molecule has 6 nitrogen and oxygen atoms in total. The maximum absolute atomic E-state index is 11.2. The van der Waals surface area contributed by atoms with Gasteiger partial charge in [-0.1, -0.05) is 43.3 Å². The molecule has 0 aliphatic rings. The van der Waals surface area contributed by atoms with Gasteiger partial charge in [-0.3, -0.25) is 0 Å². The lowest BCUT2D eigenvalue weighted by Crippen LogP contribution is -2.53. The van der Waals surface area contributed by atoms with Crippen LogP contribution < -0.4 is 0 Å². The first-order valence-corrected chi connectivity index (χ1v) is 22.1. The highest BCUT2D eigenvalue weighted by Crippen LogP contribution is 2.33. The van der Waals surface area contributed by atoms with Gasteiger partial charge in [-0.05, 0) is 93.9 Å². The molecule has 1 aromatic heterocycles. The van der Waals surface area contributed by atoms with Crippen molar-refractivity contribution in [1.29, 1.82) is 0 Å². The van der Waals surface area contributed by atoms with Crippen molar-refractivity contribution in [2.24, 2.45) is 5.92 Å². The van der Waals surface area contributed by atoms with Crippen molar-refractivity contribution in [2.45, 2.75) is 78.6 Å². The maximum Gasteiger partial charge on any atom is 0.314 e. The molecule has 1 heterocycles. The van der Waals surface area contributed by atoms with E-state index in [2.05, 4.69) is 81.1 Å². The van der Waals surface area contributed by atoms with Gasteiger partial charge in [0.2, 0.25) is 0 Å². The van der Waals surface area contributed by atoms with Crippen molar-refractivity contribution < 1.29 is 13.3 Å². The molecule has 36 heavy (non-hydrogen) atoms. The second-order valence-electron chi connectivity index (χ2n) is 12.2. The predicted molar refractivity (Wildman–Crippen MR) is 155 cm³/mol. The summed E-state index contributed by atoms with van der Waals surface area (Å²) in [4.78, 5) is 1.55. The Morgan fingerprint density at radius 2 is 1.56 bits per heavy atom. The topological polar surface area (TPSA) is 69.4 Å². The zero-order chi connectivity index (χ0) is 26.7. The van der Waals surface area contributed by atoms with Gasteiger partial charge in [0.25, 0.3) is 0 Å². The Hall–Kier alpha value is -2.05. The first-order valence-electron chi connectivity index (χ1n) is 12.8. The van der Waals surface area contributed by atoms with Crippen LogP contribution in [0.2, 0.25) is 51.9 Å². The van der Waals surface area contributed by atoms with Gasteiger partial charge in [-0.15, -0.1) is 4.80 Å². The van der Waals surface area contributed by atoms with Gasteiger partial charge in [0.05, 0.1) is 11.9 Å². The molecule has 0 aliphatic heterocycles. The Morgan fingerprint density at radius 3 is 2.14 bits per heavy atom. The number of phenols is 1. The van der Waals surface area contributed by atoms with E-state index in [1.807, 2.05) is 31.2 Å². The van der Waals surface area contributed by atoms with Crippen LogP contribution >= 0.6 is 0 Å². The molecule has 0 saturated heterocycles. The highest BCUT2D eigenvalue weighted by molar-refractivity contribution is 6.87. The number of aromatic hydroxyl groups is 1. The minimum atomic E-state index is -2.37. The standard InChI is InChI=1S/C27H43N3O3Si3/c1-21-15-24(16-22(2)20-36(9,32-34(3,4)5)33-35(6,7)8)27(31)26(17-21)30-28-19-25(29-30)18-23-13-11-10-12-14-23/h10-15,17,19,22,31H,16,18,20H2,1-9H3. The molecule has 196 valence electrons. The summed E-state index contributed by atoms with van der Waals surface area (Å²) in [7, 11) is -5.89. The van der Waals surface area contributed by atoms with Crippen molar-refractivity contribution in [3.8, 4) is 11.4 Å². The second kappa shape index (κ2) is 11.1. The van der Waals surface area contributed by atoms with Gasteiger partial charge in [0, 0.05) is 6.42 Å². The van der Waals surface area contributed by atoms with Gasteiger partial charge < -0.3 is 13.3 Å². The highest BCUT2D eigenvalue weighted by Gasteiger charge is 2.41. The van der Waals surface area contributed by atoms with E-state index >= 15 is 0 Å². The van der Waals surface area contributed by atoms with Crippen molar-refractivity contribution >= 4 is 25.2 Å². The second-order valence-corrected chi connectivity index (χ2v) is 24.9. The molecule has 9 heteroatoms. The van der Waals surface area contributed by atoms with Gasteiger partial charge in [0.15, 0.2) is 16.6 Å². The Morgan fingerprint density at radius 1 is 0.944 bits per heavy atom. The van der Waals surface area contributed by atoms with Crippen LogP contribution in [0.5, 0.6) is 5.75 Å². The average Bonchev–Trinajstić information content (AvgIpc) is 3.16.